The van der Waals surface area contributed by atoms with Crippen LogP contribution in [0.5, 0.6) is 0 Å². The van der Waals surface area contributed by atoms with Crippen molar-refractivity contribution in [2.24, 2.45) is 4.99 Å². The number of unbranched alkanes of at least 4 members (excludes halogenated alkanes) is 1. The quantitative estimate of drug-likeness (QED) is 0.0903. The molecule has 1 amide bonds. The Morgan fingerprint density at radius 1 is 1.11 bits per heavy atom. The van der Waals surface area contributed by atoms with Crippen LogP contribution in [0.15, 0.2) is 59.6 Å². The standard InChI is InChI=1S/C28H34N6OS/c1-3-4-6-25(29-2)28(35)31-22-11-12-24-21(15-22)16-26(32-24)19-7-9-20(10-8-19)27-17-23(33-34-27)18-30-13-5-14-36/h7-12,15-17,25,30,32,36H,2-6,13-14,18H2,1H3,(H,31,35)(H,33,34). The zero-order valence-corrected chi connectivity index (χ0v) is 21.6. The lowest BCUT2D eigenvalue weighted by Crippen LogP contribution is -2.26. The van der Waals surface area contributed by atoms with E-state index in [1.807, 2.05) is 18.2 Å². The van der Waals surface area contributed by atoms with Crippen LogP contribution in [0, 0.1) is 0 Å². The van der Waals surface area contributed by atoms with Crippen LogP contribution < -0.4 is 10.6 Å². The Morgan fingerprint density at radius 3 is 2.67 bits per heavy atom. The highest BCUT2D eigenvalue weighted by atomic mass is 32.1. The fourth-order valence-electron chi connectivity index (χ4n) is 4.14. The van der Waals surface area contributed by atoms with Gasteiger partial charge in [0.05, 0.1) is 5.69 Å². The molecule has 0 aliphatic heterocycles. The average molecular weight is 503 g/mol. The highest BCUT2D eigenvalue weighted by Crippen LogP contribution is 2.28. The minimum absolute atomic E-state index is 0.112. The molecule has 4 N–H and O–H groups in total. The molecule has 36 heavy (non-hydrogen) atoms. The number of nitrogens with zero attached hydrogens (tertiary/aromatic N) is 2. The van der Waals surface area contributed by atoms with E-state index in [-0.39, 0.29) is 5.91 Å². The number of thiol groups is 1. The predicted octanol–water partition coefficient (Wildman–Crippen LogP) is 5.83. The number of hydrogen-bond acceptors (Lipinski definition) is 5. The summed E-state index contributed by atoms with van der Waals surface area (Å²) in [5.41, 5.74) is 6.92. The summed E-state index contributed by atoms with van der Waals surface area (Å²) in [4.78, 5) is 20.0. The molecular weight excluding hydrogens is 468 g/mol. The Kier molecular flexibility index (Phi) is 8.97. The number of amides is 1. The number of carbonyl (C=O) groups is 1. The number of hydrogen-bond donors (Lipinski definition) is 5. The first-order chi connectivity index (χ1) is 17.6. The first kappa shape index (κ1) is 25.7. The molecule has 4 rings (SSSR count). The molecule has 1 unspecified atom stereocenters. The summed E-state index contributed by atoms with van der Waals surface area (Å²) in [5.74, 6) is 0.772. The lowest BCUT2D eigenvalue weighted by atomic mass is 10.1. The smallest absolute Gasteiger partial charge is 0.249 e. The first-order valence-corrected chi connectivity index (χ1v) is 13.1. The van der Waals surface area contributed by atoms with Crippen molar-refractivity contribution in [2.45, 2.75) is 45.2 Å². The van der Waals surface area contributed by atoms with E-state index in [0.717, 1.165) is 82.9 Å². The van der Waals surface area contributed by atoms with Gasteiger partial charge >= 0.3 is 0 Å². The number of carbonyl (C=O) groups excluding carboxylic acids is 1. The molecular formula is C28H34N6OS. The Balaban J connectivity index is 1.43. The van der Waals surface area contributed by atoms with Crippen LogP contribution in [-0.4, -0.2) is 46.1 Å². The summed E-state index contributed by atoms with van der Waals surface area (Å²) >= 11 is 4.23. The van der Waals surface area contributed by atoms with Gasteiger partial charge in [-0.25, -0.2) is 0 Å². The molecule has 0 saturated carbocycles. The van der Waals surface area contributed by atoms with Gasteiger partial charge in [-0.3, -0.25) is 14.9 Å². The van der Waals surface area contributed by atoms with Gasteiger partial charge in [-0.1, -0.05) is 44.0 Å². The maximum Gasteiger partial charge on any atom is 0.249 e. The zero-order valence-electron chi connectivity index (χ0n) is 20.7. The van der Waals surface area contributed by atoms with Crippen molar-refractivity contribution in [3.8, 4) is 22.5 Å². The van der Waals surface area contributed by atoms with Crippen molar-refractivity contribution in [3.63, 3.8) is 0 Å². The maximum absolute atomic E-state index is 12.6. The van der Waals surface area contributed by atoms with Gasteiger partial charge in [-0.15, -0.1) is 0 Å². The first-order valence-electron chi connectivity index (χ1n) is 12.5. The van der Waals surface area contributed by atoms with E-state index in [0.29, 0.717) is 6.42 Å². The van der Waals surface area contributed by atoms with Crippen LogP contribution in [0.4, 0.5) is 5.69 Å². The van der Waals surface area contributed by atoms with Gasteiger partial charge in [0.15, 0.2) is 0 Å². The van der Waals surface area contributed by atoms with Gasteiger partial charge in [0.1, 0.15) is 6.04 Å². The zero-order chi connectivity index (χ0) is 25.3. The normalized spacial score (nSPS) is 12.1. The maximum atomic E-state index is 12.6. The van der Waals surface area contributed by atoms with Gasteiger partial charge in [0.25, 0.3) is 0 Å². The second-order valence-electron chi connectivity index (χ2n) is 8.92. The summed E-state index contributed by atoms with van der Waals surface area (Å²) in [6, 6.07) is 18.0. The number of anilines is 1. The van der Waals surface area contributed by atoms with Gasteiger partial charge in [0, 0.05) is 40.1 Å². The molecule has 8 heteroatoms. The van der Waals surface area contributed by atoms with E-state index in [1.165, 1.54) is 0 Å². The average Bonchev–Trinajstić information content (AvgIpc) is 3.54. The second-order valence-corrected chi connectivity index (χ2v) is 9.37. The third kappa shape index (κ3) is 6.44. The van der Waals surface area contributed by atoms with Gasteiger partial charge in [-0.2, -0.15) is 17.7 Å². The highest BCUT2D eigenvalue weighted by Gasteiger charge is 2.16. The third-order valence-corrected chi connectivity index (χ3v) is 6.51. The number of aromatic amines is 2. The SMILES string of the molecule is C=NC(CCCC)C(=O)Nc1ccc2[nH]c(-c3ccc(-c4cc(CNCCCS)[nH]n4)cc3)cc2c1. The molecule has 2 aromatic heterocycles. The van der Waals surface area contributed by atoms with Crippen LogP contribution in [-0.2, 0) is 11.3 Å². The van der Waals surface area contributed by atoms with E-state index in [9.17, 15) is 4.79 Å². The third-order valence-electron chi connectivity index (χ3n) is 6.19. The molecule has 188 valence electrons. The lowest BCUT2D eigenvalue weighted by Gasteiger charge is -2.12. The highest BCUT2D eigenvalue weighted by molar-refractivity contribution is 7.80. The molecule has 0 radical (unpaired) electrons. The topological polar surface area (TPSA) is 98.0 Å². The predicted molar refractivity (Wildman–Crippen MR) is 153 cm³/mol. The van der Waals surface area contributed by atoms with Crippen LogP contribution >= 0.6 is 12.6 Å². The largest absolute Gasteiger partial charge is 0.355 e. The number of aromatic nitrogens is 3. The number of fused-ring (bicyclic) bond motifs is 1. The lowest BCUT2D eigenvalue weighted by molar-refractivity contribution is -0.117. The van der Waals surface area contributed by atoms with Crippen LogP contribution in [0.3, 0.4) is 0 Å². The molecule has 2 aromatic carbocycles. The van der Waals surface area contributed by atoms with E-state index >= 15 is 0 Å². The minimum atomic E-state index is -0.416. The minimum Gasteiger partial charge on any atom is -0.355 e. The van der Waals surface area contributed by atoms with Crippen molar-refractivity contribution < 1.29 is 4.79 Å². The fourth-order valence-corrected chi connectivity index (χ4v) is 4.30. The molecule has 2 heterocycles. The number of aliphatic imine (C=N–C) groups is 1. The number of benzene rings is 2. The molecule has 0 spiro atoms. The van der Waals surface area contributed by atoms with E-state index in [1.54, 1.807) is 0 Å². The summed E-state index contributed by atoms with van der Waals surface area (Å²) in [6.07, 6.45) is 3.73. The van der Waals surface area contributed by atoms with Gasteiger partial charge in [-0.05, 0) is 67.8 Å². The Morgan fingerprint density at radius 2 is 1.92 bits per heavy atom. The summed E-state index contributed by atoms with van der Waals surface area (Å²) < 4.78 is 0. The van der Waals surface area contributed by atoms with E-state index < -0.39 is 6.04 Å². The van der Waals surface area contributed by atoms with Crippen molar-refractivity contribution in [2.75, 3.05) is 17.6 Å². The summed E-state index contributed by atoms with van der Waals surface area (Å²) in [6.45, 7) is 7.39. The van der Waals surface area contributed by atoms with Crippen molar-refractivity contribution >= 4 is 41.8 Å². The molecule has 0 fully saturated rings. The molecule has 0 saturated heterocycles. The van der Waals surface area contributed by atoms with Gasteiger partial charge in [0.2, 0.25) is 5.91 Å². The molecule has 0 aliphatic carbocycles. The van der Waals surface area contributed by atoms with Crippen molar-refractivity contribution in [1.82, 2.24) is 20.5 Å². The van der Waals surface area contributed by atoms with Crippen molar-refractivity contribution in [3.05, 3.63) is 60.3 Å². The van der Waals surface area contributed by atoms with Crippen LogP contribution in [0.25, 0.3) is 33.4 Å². The number of rotatable bonds is 13. The molecule has 4 aromatic rings. The van der Waals surface area contributed by atoms with E-state index in [2.05, 4.69) is 93.5 Å². The Hall–Kier alpha value is -3.36. The summed E-state index contributed by atoms with van der Waals surface area (Å²) in [5, 5.41) is 15.0. The molecule has 1 atom stereocenters. The Labute approximate surface area is 217 Å². The molecule has 0 bridgehead atoms. The monoisotopic (exact) mass is 502 g/mol. The Bertz CT molecular complexity index is 1290. The van der Waals surface area contributed by atoms with E-state index in [4.69, 9.17) is 0 Å². The second kappa shape index (κ2) is 12.6. The van der Waals surface area contributed by atoms with Crippen LogP contribution in [0.1, 0.15) is 38.3 Å². The van der Waals surface area contributed by atoms with Crippen molar-refractivity contribution in [1.29, 1.82) is 0 Å². The molecule has 0 aliphatic rings. The molecule has 7 nitrogen and oxygen atoms in total. The summed E-state index contributed by atoms with van der Waals surface area (Å²) in [7, 11) is 0. The fraction of sp³-hybridized carbons (Fsp3) is 0.321. The number of nitrogens with one attached hydrogen (secondary N) is 4. The van der Waals surface area contributed by atoms with Gasteiger partial charge < -0.3 is 15.6 Å². The van der Waals surface area contributed by atoms with Crippen LogP contribution in [0.2, 0.25) is 0 Å². The number of H-pyrrole nitrogens is 2.